The largest absolute Gasteiger partial charge is 0.352 e. The third-order valence-corrected chi connectivity index (χ3v) is 3.93. The van der Waals surface area contributed by atoms with Gasteiger partial charge in [-0.15, -0.1) is 0 Å². The van der Waals surface area contributed by atoms with Gasteiger partial charge in [-0.2, -0.15) is 5.10 Å². The summed E-state index contributed by atoms with van der Waals surface area (Å²) in [4.78, 5) is 11.2. The van der Waals surface area contributed by atoms with Crippen molar-refractivity contribution in [1.29, 1.82) is 0 Å². The lowest BCUT2D eigenvalue weighted by Gasteiger charge is -2.18. The van der Waals surface area contributed by atoms with Crippen LogP contribution in [-0.4, -0.2) is 28.3 Å². The number of aromatic nitrogens is 2. The molecule has 5 heteroatoms. The molecule has 0 bridgehead atoms. The zero-order valence-corrected chi connectivity index (χ0v) is 12.3. The van der Waals surface area contributed by atoms with Gasteiger partial charge in [-0.25, -0.2) is 0 Å². The molecule has 1 amide bonds. The zero-order chi connectivity index (χ0) is 14.0. The first kappa shape index (κ1) is 14.1. The van der Waals surface area contributed by atoms with Gasteiger partial charge in [-0.05, 0) is 34.1 Å². The third kappa shape index (κ3) is 2.97. The van der Waals surface area contributed by atoms with Gasteiger partial charge in [0.15, 0.2) is 0 Å². The molecule has 2 rings (SSSR count). The molecule has 0 aliphatic carbocycles. The van der Waals surface area contributed by atoms with Gasteiger partial charge in [0.2, 0.25) is 5.91 Å². The Hall–Kier alpha value is -1.36. The van der Waals surface area contributed by atoms with Crippen LogP contribution in [0.5, 0.6) is 0 Å². The maximum atomic E-state index is 11.2. The van der Waals surface area contributed by atoms with Crippen molar-refractivity contribution >= 4 is 5.91 Å². The average Bonchev–Trinajstić information content (AvgIpc) is 2.90. The molecular weight excluding hydrogens is 240 g/mol. The first-order valence-electron chi connectivity index (χ1n) is 7.09. The molecular formula is C14H24N4O. The van der Waals surface area contributed by atoms with Crippen LogP contribution < -0.4 is 10.6 Å². The van der Waals surface area contributed by atoms with Crippen molar-refractivity contribution in [2.45, 2.75) is 59.2 Å². The Balaban J connectivity index is 1.98. The van der Waals surface area contributed by atoms with Crippen LogP contribution in [0.3, 0.4) is 0 Å². The monoisotopic (exact) mass is 264 g/mol. The molecule has 1 aliphatic rings. The Morgan fingerprint density at radius 2 is 2.26 bits per heavy atom. The van der Waals surface area contributed by atoms with E-state index in [-0.39, 0.29) is 18.0 Å². The Bertz CT molecular complexity index is 466. The van der Waals surface area contributed by atoms with E-state index in [9.17, 15) is 4.79 Å². The summed E-state index contributed by atoms with van der Waals surface area (Å²) in [5.74, 6) is 0.172. The SMILES string of the molecule is CCn1nc(C)c(C(C)NCC2CCC(=O)N2)c1C. The van der Waals surface area contributed by atoms with E-state index in [1.165, 1.54) is 11.3 Å². The van der Waals surface area contributed by atoms with Gasteiger partial charge in [0.25, 0.3) is 0 Å². The molecule has 2 heterocycles. The predicted molar refractivity (Wildman–Crippen MR) is 75.0 cm³/mol. The maximum Gasteiger partial charge on any atom is 0.220 e. The fourth-order valence-corrected chi connectivity index (χ4v) is 2.90. The van der Waals surface area contributed by atoms with E-state index in [4.69, 9.17) is 0 Å². The first-order chi connectivity index (χ1) is 9.02. The lowest BCUT2D eigenvalue weighted by atomic mass is 10.1. The lowest BCUT2D eigenvalue weighted by molar-refractivity contribution is -0.119. The fraction of sp³-hybridized carbons (Fsp3) is 0.714. The minimum Gasteiger partial charge on any atom is -0.352 e. The average molecular weight is 264 g/mol. The van der Waals surface area contributed by atoms with Crippen molar-refractivity contribution in [3.8, 4) is 0 Å². The van der Waals surface area contributed by atoms with Gasteiger partial charge in [-0.1, -0.05) is 0 Å². The summed E-state index contributed by atoms with van der Waals surface area (Å²) in [6.07, 6.45) is 1.59. The zero-order valence-electron chi connectivity index (χ0n) is 12.3. The van der Waals surface area contributed by atoms with Crippen LogP contribution in [0.25, 0.3) is 0 Å². The van der Waals surface area contributed by atoms with E-state index < -0.39 is 0 Å². The number of hydrogen-bond donors (Lipinski definition) is 2. The molecule has 0 radical (unpaired) electrons. The number of amides is 1. The van der Waals surface area contributed by atoms with Gasteiger partial charge in [-0.3, -0.25) is 9.48 Å². The molecule has 106 valence electrons. The first-order valence-corrected chi connectivity index (χ1v) is 7.09. The van der Waals surface area contributed by atoms with Gasteiger partial charge in [0.1, 0.15) is 0 Å². The van der Waals surface area contributed by atoms with E-state index in [1.54, 1.807) is 0 Å². The van der Waals surface area contributed by atoms with E-state index in [1.807, 2.05) is 4.68 Å². The lowest BCUT2D eigenvalue weighted by Crippen LogP contribution is -2.36. The number of nitrogens with one attached hydrogen (secondary N) is 2. The molecule has 19 heavy (non-hydrogen) atoms. The highest BCUT2D eigenvalue weighted by atomic mass is 16.1. The van der Waals surface area contributed by atoms with Gasteiger partial charge in [0, 0.05) is 42.9 Å². The minimum absolute atomic E-state index is 0.172. The number of carbonyl (C=O) groups is 1. The van der Waals surface area contributed by atoms with Gasteiger partial charge in [0.05, 0.1) is 5.69 Å². The van der Waals surface area contributed by atoms with E-state index in [2.05, 4.69) is 43.4 Å². The molecule has 5 nitrogen and oxygen atoms in total. The molecule has 1 aromatic heterocycles. The molecule has 1 saturated heterocycles. The summed E-state index contributed by atoms with van der Waals surface area (Å²) in [6, 6.07) is 0.537. The predicted octanol–water partition coefficient (Wildman–Crippen LogP) is 1.45. The van der Waals surface area contributed by atoms with E-state index in [0.29, 0.717) is 6.42 Å². The van der Waals surface area contributed by atoms with Crippen molar-refractivity contribution in [1.82, 2.24) is 20.4 Å². The van der Waals surface area contributed by atoms with Crippen LogP contribution >= 0.6 is 0 Å². The molecule has 2 unspecified atom stereocenters. The molecule has 1 aromatic rings. The second kappa shape index (κ2) is 5.74. The third-order valence-electron chi connectivity index (χ3n) is 3.93. The standard InChI is InChI=1S/C14H24N4O/c1-5-18-11(4)14(10(3)17-18)9(2)15-8-12-6-7-13(19)16-12/h9,12,15H,5-8H2,1-4H3,(H,16,19). The highest BCUT2D eigenvalue weighted by Gasteiger charge is 2.22. The Morgan fingerprint density at radius 1 is 1.53 bits per heavy atom. The quantitative estimate of drug-likeness (QED) is 0.846. The maximum absolute atomic E-state index is 11.2. The van der Waals surface area contributed by atoms with Crippen LogP contribution in [0.4, 0.5) is 0 Å². The van der Waals surface area contributed by atoms with Crippen molar-refractivity contribution < 1.29 is 4.79 Å². The topological polar surface area (TPSA) is 59.0 Å². The number of carbonyl (C=O) groups excluding carboxylic acids is 1. The van der Waals surface area contributed by atoms with Gasteiger partial charge >= 0.3 is 0 Å². The van der Waals surface area contributed by atoms with Crippen molar-refractivity contribution in [2.24, 2.45) is 0 Å². The summed E-state index contributed by atoms with van der Waals surface area (Å²) in [5.41, 5.74) is 3.61. The second-order valence-corrected chi connectivity index (χ2v) is 5.33. The summed E-state index contributed by atoms with van der Waals surface area (Å²) in [6.45, 7) is 10.2. The summed E-state index contributed by atoms with van der Waals surface area (Å²) in [5, 5.41) is 11.0. The van der Waals surface area contributed by atoms with Crippen molar-refractivity contribution in [3.05, 3.63) is 17.0 Å². The summed E-state index contributed by atoms with van der Waals surface area (Å²) < 4.78 is 2.04. The summed E-state index contributed by atoms with van der Waals surface area (Å²) in [7, 11) is 0. The highest BCUT2D eigenvalue weighted by molar-refractivity contribution is 5.78. The minimum atomic E-state index is 0.172. The molecule has 1 fully saturated rings. The Kier molecular flexibility index (Phi) is 4.24. The number of rotatable bonds is 5. The molecule has 0 saturated carbocycles. The Labute approximate surface area is 114 Å². The van der Waals surface area contributed by atoms with Crippen LogP contribution in [0.1, 0.15) is 49.7 Å². The fourth-order valence-electron chi connectivity index (χ4n) is 2.90. The molecule has 2 atom stereocenters. The molecule has 0 spiro atoms. The second-order valence-electron chi connectivity index (χ2n) is 5.33. The summed E-state index contributed by atoms with van der Waals surface area (Å²) >= 11 is 0. The van der Waals surface area contributed by atoms with E-state index >= 15 is 0 Å². The molecule has 2 N–H and O–H groups in total. The van der Waals surface area contributed by atoms with Crippen molar-refractivity contribution in [3.63, 3.8) is 0 Å². The smallest absolute Gasteiger partial charge is 0.220 e. The van der Waals surface area contributed by atoms with Gasteiger partial charge < -0.3 is 10.6 Å². The van der Waals surface area contributed by atoms with Crippen LogP contribution in [-0.2, 0) is 11.3 Å². The highest BCUT2D eigenvalue weighted by Crippen LogP contribution is 2.21. The Morgan fingerprint density at radius 3 is 2.79 bits per heavy atom. The normalized spacial score (nSPS) is 20.6. The van der Waals surface area contributed by atoms with Crippen molar-refractivity contribution in [2.75, 3.05) is 6.54 Å². The van der Waals surface area contributed by atoms with Crippen LogP contribution in [0.2, 0.25) is 0 Å². The molecule has 1 aliphatic heterocycles. The number of nitrogens with zero attached hydrogens (tertiary/aromatic N) is 2. The van der Waals surface area contributed by atoms with Crippen LogP contribution in [0, 0.1) is 13.8 Å². The van der Waals surface area contributed by atoms with E-state index in [0.717, 1.165) is 25.2 Å². The number of aryl methyl sites for hydroxylation is 2. The van der Waals surface area contributed by atoms with Crippen LogP contribution in [0.15, 0.2) is 0 Å². The number of hydrogen-bond acceptors (Lipinski definition) is 3. The molecule has 0 aromatic carbocycles.